The van der Waals surface area contributed by atoms with Crippen molar-refractivity contribution < 1.29 is 14.3 Å². The molecular weight excluding hydrogens is 304 g/mol. The third kappa shape index (κ3) is 3.43. The molecule has 2 rings (SSSR count). The van der Waals surface area contributed by atoms with E-state index in [0.29, 0.717) is 43.4 Å². The molecule has 0 fully saturated rings. The maximum absolute atomic E-state index is 13.0. The van der Waals surface area contributed by atoms with Gasteiger partial charge in [0, 0.05) is 29.3 Å². The Morgan fingerprint density at radius 2 is 2.25 bits per heavy atom. The summed E-state index contributed by atoms with van der Waals surface area (Å²) in [6, 6.07) is 3.81. The van der Waals surface area contributed by atoms with E-state index in [2.05, 4.69) is 12.6 Å². The number of fused-ring (bicyclic) bond motifs is 1. The van der Waals surface area contributed by atoms with Crippen LogP contribution in [0.2, 0.25) is 0 Å². The Balaban J connectivity index is 2.34. The number of carbonyl (C=O) groups is 2. The third-order valence-electron chi connectivity index (χ3n) is 4.40. The molecule has 1 aromatic heterocycles. The molecule has 128 valence electrons. The first-order chi connectivity index (χ1) is 11.2. The van der Waals surface area contributed by atoms with E-state index in [1.54, 1.807) is 18.3 Å². The Morgan fingerprint density at radius 1 is 1.54 bits per heavy atom. The lowest BCUT2D eigenvalue weighted by Crippen LogP contribution is -2.37. The first-order valence-electron chi connectivity index (χ1n) is 8.20. The van der Waals surface area contributed by atoms with Gasteiger partial charge in [-0.05, 0) is 52.5 Å². The maximum Gasteiger partial charge on any atom is 0.418 e. The van der Waals surface area contributed by atoms with Gasteiger partial charge in [-0.1, -0.05) is 6.08 Å². The predicted molar refractivity (Wildman–Crippen MR) is 90.8 cm³/mol. The number of allylic oxidation sites excluding steroid dienone is 1. The van der Waals surface area contributed by atoms with E-state index in [1.807, 2.05) is 20.8 Å². The molecule has 1 aliphatic carbocycles. The summed E-state index contributed by atoms with van der Waals surface area (Å²) in [5.74, 6) is 0.00112. The molecule has 24 heavy (non-hydrogen) atoms. The second kappa shape index (κ2) is 6.64. The van der Waals surface area contributed by atoms with Crippen molar-refractivity contribution in [1.82, 2.24) is 4.57 Å². The highest BCUT2D eigenvalue weighted by molar-refractivity contribution is 6.03. The minimum atomic E-state index is -0.591. The molecule has 0 N–H and O–H groups in total. The Labute approximate surface area is 142 Å². The maximum atomic E-state index is 13.0. The summed E-state index contributed by atoms with van der Waals surface area (Å²) in [4.78, 5) is 25.4. The summed E-state index contributed by atoms with van der Waals surface area (Å²) >= 11 is 0. The van der Waals surface area contributed by atoms with Gasteiger partial charge in [-0.2, -0.15) is 5.26 Å². The number of hydrogen-bond donors (Lipinski definition) is 0. The average Bonchev–Trinajstić information content (AvgIpc) is 2.92. The van der Waals surface area contributed by atoms with E-state index in [4.69, 9.17) is 10.00 Å². The van der Waals surface area contributed by atoms with Crippen LogP contribution in [0.15, 0.2) is 24.9 Å². The van der Waals surface area contributed by atoms with Crippen LogP contribution in [0.25, 0.3) is 0 Å². The van der Waals surface area contributed by atoms with Gasteiger partial charge >= 0.3 is 6.09 Å². The lowest BCUT2D eigenvalue weighted by molar-refractivity contribution is 0.0529. The van der Waals surface area contributed by atoms with Gasteiger partial charge in [0.2, 0.25) is 0 Å². The van der Waals surface area contributed by atoms with Crippen molar-refractivity contribution in [1.29, 1.82) is 5.26 Å². The number of rotatable bonds is 4. The molecule has 5 nitrogen and oxygen atoms in total. The minimum Gasteiger partial charge on any atom is -0.443 e. The number of hydrogen-bond acceptors (Lipinski definition) is 4. The molecule has 0 unspecified atom stereocenters. The summed E-state index contributed by atoms with van der Waals surface area (Å²) in [7, 11) is 0. The summed E-state index contributed by atoms with van der Waals surface area (Å²) < 4.78 is 6.83. The topological polar surface area (TPSA) is 72.1 Å². The molecule has 0 saturated carbocycles. The van der Waals surface area contributed by atoms with Crippen molar-refractivity contribution in [3.8, 4) is 6.07 Å². The molecule has 1 aromatic rings. The fourth-order valence-corrected chi connectivity index (χ4v) is 3.27. The van der Waals surface area contributed by atoms with Crippen LogP contribution in [0.4, 0.5) is 4.79 Å². The van der Waals surface area contributed by atoms with Gasteiger partial charge in [-0.15, -0.1) is 6.58 Å². The van der Waals surface area contributed by atoms with Crippen molar-refractivity contribution in [3.63, 3.8) is 0 Å². The number of aromatic nitrogens is 1. The molecule has 1 aliphatic rings. The van der Waals surface area contributed by atoms with Crippen molar-refractivity contribution in [2.75, 3.05) is 0 Å². The van der Waals surface area contributed by atoms with Crippen LogP contribution < -0.4 is 0 Å². The highest BCUT2D eigenvalue weighted by Gasteiger charge is 2.42. The van der Waals surface area contributed by atoms with Gasteiger partial charge in [0.05, 0.1) is 6.07 Å². The Hall–Kier alpha value is -2.35. The second-order valence-corrected chi connectivity index (χ2v) is 7.29. The van der Waals surface area contributed by atoms with Crippen LogP contribution in [0.1, 0.15) is 62.5 Å². The second-order valence-electron chi connectivity index (χ2n) is 7.29. The molecule has 0 bridgehead atoms. The number of Topliss-reactive ketones (excluding diaryl/α,β-unsaturated/α-hetero) is 1. The fraction of sp³-hybridized carbons (Fsp3) is 0.526. The zero-order chi connectivity index (χ0) is 18.0. The Morgan fingerprint density at radius 3 is 2.83 bits per heavy atom. The molecular formula is C19H24N2O3. The fourth-order valence-electron chi connectivity index (χ4n) is 3.27. The van der Waals surface area contributed by atoms with E-state index in [9.17, 15) is 9.59 Å². The number of ketones is 1. The molecule has 0 amide bonds. The lowest BCUT2D eigenvalue weighted by Gasteiger charge is -2.35. The molecule has 0 saturated heterocycles. The number of ether oxygens (including phenoxy) is 1. The Bertz CT molecular complexity index is 703. The Kier molecular flexibility index (Phi) is 4.98. The van der Waals surface area contributed by atoms with Crippen LogP contribution in [0, 0.1) is 16.7 Å². The standard InChI is InChI=1S/C19H24N2O3/c1-5-9-19(10-6-12-20)11-7-15-14(16(19)22)8-13-21(15)17(23)24-18(2,3)4/h5,8,13H,1,6-7,9-11H2,2-4H3/t19-/m0/s1. The quantitative estimate of drug-likeness (QED) is 0.774. The lowest BCUT2D eigenvalue weighted by atomic mass is 9.67. The van der Waals surface area contributed by atoms with E-state index in [1.165, 1.54) is 4.57 Å². The normalized spacial score (nSPS) is 20.2. The summed E-state index contributed by atoms with van der Waals surface area (Å²) in [6.07, 6.45) is 5.49. The summed E-state index contributed by atoms with van der Waals surface area (Å²) in [5.41, 5.74) is 0.0921. The smallest absolute Gasteiger partial charge is 0.418 e. The highest BCUT2D eigenvalue weighted by atomic mass is 16.6. The van der Waals surface area contributed by atoms with Crippen LogP contribution in [-0.2, 0) is 11.2 Å². The molecule has 1 atom stereocenters. The van der Waals surface area contributed by atoms with Crippen molar-refractivity contribution >= 4 is 11.9 Å². The largest absolute Gasteiger partial charge is 0.443 e. The van der Waals surface area contributed by atoms with Crippen LogP contribution in [0.3, 0.4) is 0 Å². The average molecular weight is 328 g/mol. The molecule has 5 heteroatoms. The van der Waals surface area contributed by atoms with E-state index in [0.717, 1.165) is 0 Å². The molecule has 0 aliphatic heterocycles. The first kappa shape index (κ1) is 18.0. The van der Waals surface area contributed by atoms with E-state index < -0.39 is 17.1 Å². The van der Waals surface area contributed by atoms with Gasteiger partial charge in [0.25, 0.3) is 0 Å². The van der Waals surface area contributed by atoms with Crippen molar-refractivity contribution in [2.24, 2.45) is 5.41 Å². The van der Waals surface area contributed by atoms with Crippen molar-refractivity contribution in [2.45, 2.75) is 58.5 Å². The minimum absolute atomic E-state index is 0.00112. The first-order valence-corrected chi connectivity index (χ1v) is 8.20. The SMILES string of the molecule is C=CC[C@]1(CCC#N)CCc2c(ccn2C(=O)OC(C)(C)C)C1=O. The number of nitriles is 1. The van der Waals surface area contributed by atoms with Gasteiger partial charge in [-0.3, -0.25) is 9.36 Å². The highest BCUT2D eigenvalue weighted by Crippen LogP contribution is 2.42. The zero-order valence-electron chi connectivity index (χ0n) is 14.6. The van der Waals surface area contributed by atoms with Crippen LogP contribution in [0.5, 0.6) is 0 Å². The van der Waals surface area contributed by atoms with Crippen LogP contribution >= 0.6 is 0 Å². The molecule has 0 aromatic carbocycles. The monoisotopic (exact) mass is 328 g/mol. The number of carbonyl (C=O) groups excluding carboxylic acids is 2. The summed E-state index contributed by atoms with van der Waals surface area (Å²) in [6.45, 7) is 9.18. The molecule has 1 heterocycles. The van der Waals surface area contributed by atoms with Crippen molar-refractivity contribution in [3.05, 3.63) is 36.2 Å². The predicted octanol–water partition coefficient (Wildman–Crippen LogP) is 4.27. The molecule has 0 spiro atoms. The summed E-state index contributed by atoms with van der Waals surface area (Å²) in [5, 5.41) is 8.89. The van der Waals surface area contributed by atoms with Gasteiger partial charge < -0.3 is 4.74 Å². The third-order valence-corrected chi connectivity index (χ3v) is 4.40. The van der Waals surface area contributed by atoms with Gasteiger partial charge in [0.1, 0.15) is 5.60 Å². The zero-order valence-corrected chi connectivity index (χ0v) is 14.6. The molecule has 0 radical (unpaired) electrons. The van der Waals surface area contributed by atoms with E-state index in [-0.39, 0.29) is 5.78 Å². The number of nitrogens with zero attached hydrogens (tertiary/aromatic N) is 2. The van der Waals surface area contributed by atoms with Gasteiger partial charge in [0.15, 0.2) is 5.78 Å². The van der Waals surface area contributed by atoms with Gasteiger partial charge in [-0.25, -0.2) is 4.79 Å². The van der Waals surface area contributed by atoms with Crippen LogP contribution in [-0.4, -0.2) is 22.0 Å². The van der Waals surface area contributed by atoms with E-state index >= 15 is 0 Å².